The van der Waals surface area contributed by atoms with Crippen LogP contribution in [0.25, 0.3) is 0 Å². The first kappa shape index (κ1) is 12.5. The van der Waals surface area contributed by atoms with Crippen molar-refractivity contribution in [2.75, 3.05) is 19.8 Å². The van der Waals surface area contributed by atoms with Crippen LogP contribution in [0, 0.1) is 0 Å². The highest BCUT2D eigenvalue weighted by molar-refractivity contribution is 7.89. The molecule has 2 heterocycles. The molecule has 0 bridgehead atoms. The highest BCUT2D eigenvalue weighted by Crippen LogP contribution is 2.26. The van der Waals surface area contributed by atoms with Crippen molar-refractivity contribution in [2.24, 2.45) is 0 Å². The number of pyridine rings is 1. The number of morpholine rings is 1. The van der Waals surface area contributed by atoms with Crippen LogP contribution in [0.5, 0.6) is 0 Å². The minimum Gasteiger partial charge on any atom is -0.378 e. The molecule has 1 aromatic rings. The van der Waals surface area contributed by atoms with E-state index in [1.54, 1.807) is 18.3 Å². The third-order valence-electron chi connectivity index (χ3n) is 2.79. The highest BCUT2D eigenvalue weighted by atomic mass is 32.2. The normalized spacial score (nSPS) is 21.3. The SMILES string of the molecule is CC1(C)COCCN1S(=O)(=O)c1cccnc1. The number of sulfonamides is 1. The third-order valence-corrected chi connectivity index (χ3v) is 4.89. The van der Waals surface area contributed by atoms with Crippen molar-refractivity contribution in [3.05, 3.63) is 24.5 Å². The summed E-state index contributed by atoms with van der Waals surface area (Å²) in [7, 11) is -3.48. The maximum atomic E-state index is 12.4. The Morgan fingerprint density at radius 3 is 2.82 bits per heavy atom. The Hall–Kier alpha value is -0.980. The summed E-state index contributed by atoms with van der Waals surface area (Å²) in [6, 6.07) is 3.19. The molecule has 5 nitrogen and oxygen atoms in total. The van der Waals surface area contributed by atoms with Gasteiger partial charge in [0.15, 0.2) is 0 Å². The number of nitrogens with zero attached hydrogens (tertiary/aromatic N) is 2. The van der Waals surface area contributed by atoms with E-state index in [0.717, 1.165) is 0 Å². The summed E-state index contributed by atoms with van der Waals surface area (Å²) in [6.45, 7) is 4.94. The summed E-state index contributed by atoms with van der Waals surface area (Å²) >= 11 is 0. The van der Waals surface area contributed by atoms with Crippen molar-refractivity contribution in [3.63, 3.8) is 0 Å². The number of hydrogen-bond donors (Lipinski definition) is 0. The van der Waals surface area contributed by atoms with Crippen LogP contribution in [0.1, 0.15) is 13.8 Å². The number of hydrogen-bond acceptors (Lipinski definition) is 4. The fourth-order valence-electron chi connectivity index (χ4n) is 1.92. The zero-order chi connectivity index (χ0) is 12.5. The van der Waals surface area contributed by atoms with Crippen LogP contribution in [0.3, 0.4) is 0 Å². The van der Waals surface area contributed by atoms with E-state index in [0.29, 0.717) is 19.8 Å². The average molecular weight is 256 g/mol. The molecule has 0 radical (unpaired) electrons. The van der Waals surface area contributed by atoms with Gasteiger partial charge in [-0.15, -0.1) is 0 Å². The van der Waals surface area contributed by atoms with Gasteiger partial charge in [0.05, 0.1) is 18.8 Å². The predicted octanol–water partition coefficient (Wildman–Crippen LogP) is 0.881. The molecule has 0 spiro atoms. The van der Waals surface area contributed by atoms with Crippen molar-refractivity contribution in [1.29, 1.82) is 0 Å². The maximum absolute atomic E-state index is 12.4. The van der Waals surface area contributed by atoms with Gasteiger partial charge in [0.2, 0.25) is 10.0 Å². The molecule has 1 fully saturated rings. The van der Waals surface area contributed by atoms with E-state index in [9.17, 15) is 8.42 Å². The van der Waals surface area contributed by atoms with Crippen LogP contribution in [-0.4, -0.2) is 43.0 Å². The van der Waals surface area contributed by atoms with E-state index in [4.69, 9.17) is 4.74 Å². The quantitative estimate of drug-likeness (QED) is 0.788. The summed E-state index contributed by atoms with van der Waals surface area (Å²) < 4.78 is 31.7. The van der Waals surface area contributed by atoms with Crippen LogP contribution < -0.4 is 0 Å². The Labute approximate surface area is 101 Å². The minimum absolute atomic E-state index is 0.231. The van der Waals surface area contributed by atoms with Gasteiger partial charge in [0, 0.05) is 18.9 Å². The van der Waals surface area contributed by atoms with E-state index < -0.39 is 15.6 Å². The van der Waals surface area contributed by atoms with Crippen molar-refractivity contribution in [2.45, 2.75) is 24.3 Å². The van der Waals surface area contributed by atoms with Gasteiger partial charge in [-0.05, 0) is 26.0 Å². The van der Waals surface area contributed by atoms with Gasteiger partial charge in [-0.2, -0.15) is 4.31 Å². The number of aromatic nitrogens is 1. The first-order chi connectivity index (χ1) is 7.94. The molecule has 0 aromatic carbocycles. The number of rotatable bonds is 2. The molecule has 6 heteroatoms. The largest absolute Gasteiger partial charge is 0.378 e. The second kappa shape index (κ2) is 4.36. The standard InChI is InChI=1S/C11H16N2O3S/c1-11(2)9-16-7-6-13(11)17(14,15)10-4-3-5-12-8-10/h3-5,8H,6-7,9H2,1-2H3. The molecule has 0 unspecified atom stereocenters. The van der Waals surface area contributed by atoms with Gasteiger partial charge in [-0.1, -0.05) is 0 Å². The van der Waals surface area contributed by atoms with Crippen LogP contribution in [0.2, 0.25) is 0 Å². The van der Waals surface area contributed by atoms with Gasteiger partial charge in [0.25, 0.3) is 0 Å². The molecular formula is C11H16N2O3S. The number of ether oxygens (including phenoxy) is 1. The molecule has 17 heavy (non-hydrogen) atoms. The molecule has 94 valence electrons. The van der Waals surface area contributed by atoms with E-state index in [-0.39, 0.29) is 4.90 Å². The molecule has 0 atom stereocenters. The molecule has 0 amide bonds. The zero-order valence-electron chi connectivity index (χ0n) is 9.96. The van der Waals surface area contributed by atoms with Crippen LogP contribution in [0.15, 0.2) is 29.4 Å². The summed E-state index contributed by atoms with van der Waals surface area (Å²) in [5.74, 6) is 0. The molecule has 2 rings (SSSR count). The topological polar surface area (TPSA) is 59.5 Å². The third kappa shape index (κ3) is 2.34. The highest BCUT2D eigenvalue weighted by Gasteiger charge is 2.39. The lowest BCUT2D eigenvalue weighted by Gasteiger charge is -2.40. The Morgan fingerprint density at radius 2 is 2.24 bits per heavy atom. The van der Waals surface area contributed by atoms with Crippen molar-refractivity contribution in [3.8, 4) is 0 Å². The van der Waals surface area contributed by atoms with E-state index in [2.05, 4.69) is 4.98 Å². The molecule has 1 saturated heterocycles. The van der Waals surface area contributed by atoms with E-state index >= 15 is 0 Å². The smallest absolute Gasteiger partial charge is 0.245 e. The molecular weight excluding hydrogens is 240 g/mol. The van der Waals surface area contributed by atoms with Gasteiger partial charge < -0.3 is 4.74 Å². The molecule has 1 aliphatic heterocycles. The van der Waals surface area contributed by atoms with Gasteiger partial charge in [-0.3, -0.25) is 4.98 Å². The van der Waals surface area contributed by atoms with Gasteiger partial charge in [0.1, 0.15) is 4.90 Å². The predicted molar refractivity (Wildman–Crippen MR) is 63.0 cm³/mol. The fourth-order valence-corrected chi connectivity index (χ4v) is 3.63. The average Bonchev–Trinajstić information content (AvgIpc) is 2.29. The molecule has 1 aromatic heterocycles. The van der Waals surface area contributed by atoms with Crippen LogP contribution >= 0.6 is 0 Å². The Balaban J connectivity index is 2.39. The Kier molecular flexibility index (Phi) is 3.20. The second-order valence-corrected chi connectivity index (χ2v) is 6.49. The van der Waals surface area contributed by atoms with E-state index in [1.807, 2.05) is 13.8 Å². The maximum Gasteiger partial charge on any atom is 0.245 e. The van der Waals surface area contributed by atoms with Crippen LogP contribution in [-0.2, 0) is 14.8 Å². The first-order valence-electron chi connectivity index (χ1n) is 5.45. The summed E-state index contributed by atoms with van der Waals surface area (Å²) in [6.07, 6.45) is 2.93. The minimum atomic E-state index is -3.48. The van der Waals surface area contributed by atoms with E-state index in [1.165, 1.54) is 10.5 Å². The van der Waals surface area contributed by atoms with Crippen molar-refractivity contribution in [1.82, 2.24) is 9.29 Å². The summed E-state index contributed by atoms with van der Waals surface area (Å²) in [5, 5.41) is 0. The summed E-state index contributed by atoms with van der Waals surface area (Å²) in [4.78, 5) is 4.09. The summed E-state index contributed by atoms with van der Waals surface area (Å²) in [5.41, 5.74) is -0.521. The lowest BCUT2D eigenvalue weighted by molar-refractivity contribution is -0.00771. The molecule has 0 N–H and O–H groups in total. The Bertz CT molecular complexity index is 485. The monoisotopic (exact) mass is 256 g/mol. The van der Waals surface area contributed by atoms with Gasteiger partial charge >= 0.3 is 0 Å². The van der Waals surface area contributed by atoms with Crippen molar-refractivity contribution < 1.29 is 13.2 Å². The Morgan fingerprint density at radius 1 is 1.47 bits per heavy atom. The molecule has 1 aliphatic rings. The second-order valence-electron chi connectivity index (χ2n) is 4.63. The molecule has 0 aliphatic carbocycles. The van der Waals surface area contributed by atoms with Crippen LogP contribution in [0.4, 0.5) is 0 Å². The lowest BCUT2D eigenvalue weighted by atomic mass is 10.1. The first-order valence-corrected chi connectivity index (χ1v) is 6.89. The van der Waals surface area contributed by atoms with Crippen molar-refractivity contribution >= 4 is 10.0 Å². The zero-order valence-corrected chi connectivity index (χ0v) is 10.8. The molecule has 0 saturated carbocycles. The van der Waals surface area contributed by atoms with Gasteiger partial charge in [-0.25, -0.2) is 8.42 Å². The fraction of sp³-hybridized carbons (Fsp3) is 0.545. The lowest BCUT2D eigenvalue weighted by Crippen LogP contribution is -2.55.